The Morgan fingerprint density at radius 2 is 1.80 bits per heavy atom. The fourth-order valence-electron chi connectivity index (χ4n) is 5.04. The highest BCUT2D eigenvalue weighted by Crippen LogP contribution is 2.40. The highest BCUT2D eigenvalue weighted by molar-refractivity contribution is 7.90. The van der Waals surface area contributed by atoms with Crippen molar-refractivity contribution in [2.24, 2.45) is 5.92 Å². The Morgan fingerprint density at radius 3 is 2.44 bits per heavy atom. The smallest absolute Gasteiger partial charge is 0.320 e. The third kappa shape index (κ3) is 3.29. The van der Waals surface area contributed by atoms with Gasteiger partial charge in [-0.3, -0.25) is 0 Å². The van der Waals surface area contributed by atoms with Gasteiger partial charge >= 0.3 is 6.03 Å². The molecule has 4 rings (SSSR count). The fourth-order valence-corrected chi connectivity index (χ4v) is 7.00. The van der Waals surface area contributed by atoms with Gasteiger partial charge in [-0.15, -0.1) is 0 Å². The lowest BCUT2D eigenvalue weighted by atomic mass is 9.89. The van der Waals surface area contributed by atoms with E-state index >= 15 is 0 Å². The molecule has 1 N–H and O–H groups in total. The molecule has 0 aromatic carbocycles. The summed E-state index contributed by atoms with van der Waals surface area (Å²) in [5.41, 5.74) is -0.221. The van der Waals surface area contributed by atoms with Gasteiger partial charge in [0, 0.05) is 19.1 Å². The lowest BCUT2D eigenvalue weighted by Crippen LogP contribution is -2.49. The van der Waals surface area contributed by atoms with Crippen LogP contribution in [0.5, 0.6) is 0 Å². The molecule has 4 aliphatic rings. The molecule has 25 heavy (non-hydrogen) atoms. The molecule has 3 saturated carbocycles. The van der Waals surface area contributed by atoms with Gasteiger partial charge in [0.15, 0.2) is 0 Å². The summed E-state index contributed by atoms with van der Waals surface area (Å²) < 4.78 is 28.4. The molecule has 0 aromatic heterocycles. The summed E-state index contributed by atoms with van der Waals surface area (Å²) in [5, 5.41) is -0.368. The van der Waals surface area contributed by atoms with Crippen LogP contribution in [0.4, 0.5) is 4.79 Å². The van der Waals surface area contributed by atoms with Crippen molar-refractivity contribution >= 4 is 16.1 Å². The SMILES string of the molecule is CN1C(=O)N(CC2CCCC2)C2CCC(S(=O)(=O)NC3(C)CC3)CC21. The number of sulfonamides is 1. The van der Waals surface area contributed by atoms with Crippen LogP contribution in [-0.4, -0.2) is 60.7 Å². The molecular formula is C18H31N3O3S. The molecule has 0 aromatic rings. The number of rotatable bonds is 5. The molecule has 0 bridgehead atoms. The Labute approximate surface area is 151 Å². The number of carbonyl (C=O) groups excluding carboxylic acids is 1. The normalized spacial score (nSPS) is 35.3. The number of fused-ring (bicyclic) bond motifs is 1. The lowest BCUT2D eigenvalue weighted by Gasteiger charge is -2.36. The van der Waals surface area contributed by atoms with E-state index in [4.69, 9.17) is 0 Å². The standard InChI is InChI=1S/C18H31N3O3S/c1-18(9-10-18)19-25(23,24)14-7-8-15-16(11-14)20(2)17(22)21(15)12-13-5-3-4-6-13/h13-16,19H,3-12H2,1-2H3. The zero-order chi connectivity index (χ0) is 17.8. The van der Waals surface area contributed by atoms with Gasteiger partial charge < -0.3 is 9.80 Å². The number of nitrogens with zero attached hydrogens (tertiary/aromatic N) is 2. The molecule has 6 nitrogen and oxygen atoms in total. The maximum atomic E-state index is 12.8. The van der Waals surface area contributed by atoms with E-state index in [1.807, 2.05) is 14.0 Å². The van der Waals surface area contributed by atoms with Crippen molar-refractivity contribution in [2.45, 2.75) is 87.6 Å². The Morgan fingerprint density at radius 1 is 1.12 bits per heavy atom. The van der Waals surface area contributed by atoms with Gasteiger partial charge in [-0.1, -0.05) is 12.8 Å². The molecule has 1 saturated heterocycles. The van der Waals surface area contributed by atoms with Crippen LogP contribution in [0.3, 0.4) is 0 Å². The van der Waals surface area contributed by atoms with Crippen molar-refractivity contribution in [2.75, 3.05) is 13.6 Å². The average molecular weight is 370 g/mol. The Hall–Kier alpha value is -0.820. The van der Waals surface area contributed by atoms with Crippen LogP contribution in [0.15, 0.2) is 0 Å². The summed E-state index contributed by atoms with van der Waals surface area (Å²) in [6, 6.07) is 0.333. The fraction of sp³-hybridized carbons (Fsp3) is 0.944. The zero-order valence-electron chi connectivity index (χ0n) is 15.4. The summed E-state index contributed by atoms with van der Waals surface area (Å²) in [5.74, 6) is 0.633. The Kier molecular flexibility index (Phi) is 4.30. The van der Waals surface area contributed by atoms with Crippen molar-refractivity contribution in [1.82, 2.24) is 14.5 Å². The van der Waals surface area contributed by atoms with Crippen LogP contribution in [0.2, 0.25) is 0 Å². The minimum Gasteiger partial charge on any atom is -0.323 e. The van der Waals surface area contributed by atoms with Crippen LogP contribution in [0.1, 0.15) is 64.7 Å². The first-order chi connectivity index (χ1) is 11.8. The molecule has 1 aliphatic heterocycles. The van der Waals surface area contributed by atoms with Crippen molar-refractivity contribution in [1.29, 1.82) is 0 Å². The van der Waals surface area contributed by atoms with Crippen molar-refractivity contribution < 1.29 is 13.2 Å². The van der Waals surface area contributed by atoms with E-state index in [2.05, 4.69) is 9.62 Å². The molecule has 1 heterocycles. The molecule has 3 atom stereocenters. The minimum atomic E-state index is -3.30. The summed E-state index contributed by atoms with van der Waals surface area (Å²) >= 11 is 0. The van der Waals surface area contributed by atoms with Crippen LogP contribution >= 0.6 is 0 Å². The largest absolute Gasteiger partial charge is 0.323 e. The molecule has 3 aliphatic carbocycles. The molecule has 142 valence electrons. The molecule has 0 radical (unpaired) electrons. The van der Waals surface area contributed by atoms with E-state index < -0.39 is 10.0 Å². The Bertz CT molecular complexity index is 640. The quantitative estimate of drug-likeness (QED) is 0.808. The van der Waals surface area contributed by atoms with Gasteiger partial charge in [0.05, 0.1) is 17.3 Å². The highest BCUT2D eigenvalue weighted by Gasteiger charge is 2.51. The molecule has 3 unspecified atom stereocenters. The second kappa shape index (κ2) is 6.12. The number of carbonyl (C=O) groups is 1. The average Bonchev–Trinajstić information content (AvgIpc) is 2.98. The van der Waals surface area contributed by atoms with E-state index in [0.717, 1.165) is 25.8 Å². The van der Waals surface area contributed by atoms with Crippen molar-refractivity contribution in [3.05, 3.63) is 0 Å². The molecule has 4 fully saturated rings. The number of hydrogen-bond donors (Lipinski definition) is 1. The summed E-state index contributed by atoms with van der Waals surface area (Å²) in [7, 11) is -1.46. The van der Waals surface area contributed by atoms with Crippen molar-refractivity contribution in [3.63, 3.8) is 0 Å². The van der Waals surface area contributed by atoms with E-state index in [9.17, 15) is 13.2 Å². The van der Waals surface area contributed by atoms with Gasteiger partial charge in [0.1, 0.15) is 0 Å². The first kappa shape index (κ1) is 17.6. The number of urea groups is 1. The third-order valence-electron chi connectivity index (χ3n) is 6.94. The minimum absolute atomic E-state index is 0.0382. The predicted octanol–water partition coefficient (Wildman–Crippen LogP) is 2.31. The number of nitrogens with one attached hydrogen (secondary N) is 1. The maximum absolute atomic E-state index is 12.8. The maximum Gasteiger partial charge on any atom is 0.320 e. The van der Waals surface area contributed by atoms with Crippen LogP contribution in [0, 0.1) is 5.92 Å². The van der Waals surface area contributed by atoms with Gasteiger partial charge in [0.2, 0.25) is 10.0 Å². The van der Waals surface area contributed by atoms with E-state index in [0.29, 0.717) is 18.8 Å². The summed E-state index contributed by atoms with van der Waals surface area (Å²) in [4.78, 5) is 16.6. The topological polar surface area (TPSA) is 69.7 Å². The number of likely N-dealkylation sites (N-methyl/N-ethyl adjacent to an activating group) is 1. The summed E-state index contributed by atoms with van der Waals surface area (Å²) in [6.45, 7) is 2.84. The molecule has 0 spiro atoms. The van der Waals surface area contributed by atoms with E-state index in [-0.39, 0.29) is 28.9 Å². The first-order valence-electron chi connectivity index (χ1n) is 9.85. The molecule has 7 heteroatoms. The van der Waals surface area contributed by atoms with Gasteiger partial charge in [-0.25, -0.2) is 17.9 Å². The van der Waals surface area contributed by atoms with Crippen LogP contribution in [0.25, 0.3) is 0 Å². The monoisotopic (exact) mass is 369 g/mol. The second-order valence-electron chi connectivity index (χ2n) is 8.97. The third-order valence-corrected chi connectivity index (χ3v) is 9.02. The van der Waals surface area contributed by atoms with Crippen LogP contribution < -0.4 is 4.72 Å². The van der Waals surface area contributed by atoms with E-state index in [1.54, 1.807) is 4.90 Å². The van der Waals surface area contributed by atoms with Gasteiger partial charge in [0.25, 0.3) is 0 Å². The number of amides is 2. The highest BCUT2D eigenvalue weighted by atomic mass is 32.2. The lowest BCUT2D eigenvalue weighted by molar-refractivity contribution is 0.175. The number of hydrogen-bond acceptors (Lipinski definition) is 3. The second-order valence-corrected chi connectivity index (χ2v) is 10.9. The molecular weight excluding hydrogens is 338 g/mol. The zero-order valence-corrected chi connectivity index (χ0v) is 16.2. The molecule has 2 amide bonds. The first-order valence-corrected chi connectivity index (χ1v) is 11.4. The van der Waals surface area contributed by atoms with E-state index in [1.165, 1.54) is 25.7 Å². The van der Waals surface area contributed by atoms with Crippen LogP contribution in [-0.2, 0) is 10.0 Å². The van der Waals surface area contributed by atoms with Crippen molar-refractivity contribution in [3.8, 4) is 0 Å². The summed E-state index contributed by atoms with van der Waals surface area (Å²) in [6.07, 6.45) is 8.90. The van der Waals surface area contributed by atoms with Gasteiger partial charge in [-0.05, 0) is 57.8 Å². The Balaban J connectivity index is 1.45. The van der Waals surface area contributed by atoms with Gasteiger partial charge in [-0.2, -0.15) is 0 Å². The predicted molar refractivity (Wildman–Crippen MR) is 96.7 cm³/mol.